The van der Waals surface area contributed by atoms with Crippen molar-refractivity contribution < 1.29 is 9.22 Å². The van der Waals surface area contributed by atoms with Gasteiger partial charge < -0.3 is 4.43 Å². The van der Waals surface area contributed by atoms with Gasteiger partial charge in [-0.3, -0.25) is 9.63 Å². The quantitative estimate of drug-likeness (QED) is 0.417. The van der Waals surface area contributed by atoms with Crippen LogP contribution in [0.1, 0.15) is 38.0 Å². The van der Waals surface area contributed by atoms with Gasteiger partial charge in [-0.1, -0.05) is 68.2 Å². The molecule has 1 unspecified atom stereocenters. The Morgan fingerprint density at radius 2 is 1.91 bits per heavy atom. The second-order valence-corrected chi connectivity index (χ2v) is 10.5. The van der Waals surface area contributed by atoms with Crippen molar-refractivity contribution in [2.75, 3.05) is 0 Å². The van der Waals surface area contributed by atoms with E-state index in [1.54, 1.807) is 0 Å². The summed E-state index contributed by atoms with van der Waals surface area (Å²) in [6.45, 7) is 10.7. The summed E-state index contributed by atoms with van der Waals surface area (Å²) in [5.74, 6) is -0.635. The summed E-state index contributed by atoms with van der Waals surface area (Å²) in [6, 6.07) is 7.82. The number of carbonyl (C=O) groups is 1. The Kier molecular flexibility index (Phi) is 7.42. The average Bonchev–Trinajstić information content (AvgIpc) is 2.42. The summed E-state index contributed by atoms with van der Waals surface area (Å²) < 4.78 is 4.58. The molecule has 1 radical (unpaired) electrons. The summed E-state index contributed by atoms with van der Waals surface area (Å²) in [5, 5.41) is 0. The van der Waals surface area contributed by atoms with Crippen molar-refractivity contribution in [1.29, 1.82) is 0 Å². The molecule has 0 aliphatic carbocycles. The van der Waals surface area contributed by atoms with Crippen LogP contribution in [-0.2, 0) is 15.6 Å². The SMILES string of the molecule is C[Si](C)OC(c1cccc(CC(Cl)(Cl)C(=O)NCl)c1)C(C)(C)C. The number of alkyl halides is 2. The Bertz CT molecular complexity index is 544. The number of rotatable bonds is 6. The Hall–Kier alpha value is -0.263. The summed E-state index contributed by atoms with van der Waals surface area (Å²) in [7, 11) is -0.861. The van der Waals surface area contributed by atoms with Gasteiger partial charge in [0.05, 0.1) is 6.10 Å². The molecule has 7 heteroatoms. The molecule has 1 aromatic rings. The van der Waals surface area contributed by atoms with Gasteiger partial charge in [0, 0.05) is 18.2 Å². The zero-order valence-corrected chi connectivity index (χ0v) is 17.3. The highest BCUT2D eigenvalue weighted by Crippen LogP contribution is 2.37. The first-order chi connectivity index (χ1) is 10.5. The number of carbonyl (C=O) groups excluding carboxylic acids is 1. The van der Waals surface area contributed by atoms with Crippen LogP contribution >= 0.6 is 35.0 Å². The Morgan fingerprint density at radius 3 is 2.39 bits per heavy atom. The van der Waals surface area contributed by atoms with E-state index in [1.807, 2.05) is 29.1 Å². The maximum Gasteiger partial charge on any atom is 0.271 e. The van der Waals surface area contributed by atoms with E-state index in [9.17, 15) is 4.79 Å². The van der Waals surface area contributed by atoms with E-state index in [2.05, 4.69) is 33.9 Å². The molecule has 23 heavy (non-hydrogen) atoms. The minimum atomic E-state index is -1.61. The first-order valence-electron chi connectivity index (χ1n) is 7.32. The van der Waals surface area contributed by atoms with Gasteiger partial charge in [0.1, 0.15) is 0 Å². The highest BCUT2D eigenvalue weighted by molar-refractivity contribution is 6.59. The largest absolute Gasteiger partial charge is 0.410 e. The van der Waals surface area contributed by atoms with E-state index in [0.717, 1.165) is 11.1 Å². The Balaban J connectivity index is 3.09. The van der Waals surface area contributed by atoms with E-state index >= 15 is 0 Å². The van der Waals surface area contributed by atoms with Crippen molar-refractivity contribution in [3.05, 3.63) is 35.4 Å². The molecule has 1 aromatic carbocycles. The van der Waals surface area contributed by atoms with E-state index in [0.29, 0.717) is 0 Å². The van der Waals surface area contributed by atoms with Crippen molar-refractivity contribution in [2.45, 2.75) is 50.7 Å². The van der Waals surface area contributed by atoms with Crippen LogP contribution < -0.4 is 4.84 Å². The van der Waals surface area contributed by atoms with E-state index in [4.69, 9.17) is 39.4 Å². The second kappa shape index (κ2) is 8.21. The third-order valence-corrected chi connectivity index (χ3v) is 4.73. The Morgan fingerprint density at radius 1 is 1.30 bits per heavy atom. The van der Waals surface area contributed by atoms with Crippen molar-refractivity contribution in [1.82, 2.24) is 4.84 Å². The lowest BCUT2D eigenvalue weighted by molar-refractivity contribution is -0.120. The molecule has 1 atom stereocenters. The van der Waals surface area contributed by atoms with Crippen LogP contribution in [0.5, 0.6) is 0 Å². The second-order valence-electron chi connectivity index (χ2n) is 6.82. The minimum Gasteiger partial charge on any atom is -0.410 e. The van der Waals surface area contributed by atoms with Crippen LogP contribution in [-0.4, -0.2) is 19.3 Å². The lowest BCUT2D eigenvalue weighted by atomic mass is 9.84. The maximum absolute atomic E-state index is 11.6. The molecule has 0 heterocycles. The van der Waals surface area contributed by atoms with Gasteiger partial charge in [-0.25, -0.2) is 0 Å². The van der Waals surface area contributed by atoms with Crippen LogP contribution in [0, 0.1) is 5.41 Å². The third kappa shape index (κ3) is 6.27. The molecule has 1 amide bonds. The number of amides is 1. The van der Waals surface area contributed by atoms with Crippen molar-refractivity contribution in [3.8, 4) is 0 Å². The summed E-state index contributed by atoms with van der Waals surface area (Å²) in [5.41, 5.74) is 1.86. The summed E-state index contributed by atoms with van der Waals surface area (Å²) in [6.07, 6.45) is 0.128. The van der Waals surface area contributed by atoms with Gasteiger partial charge in [0.25, 0.3) is 5.91 Å². The highest BCUT2D eigenvalue weighted by Gasteiger charge is 2.34. The van der Waals surface area contributed by atoms with Crippen LogP contribution in [0.25, 0.3) is 0 Å². The van der Waals surface area contributed by atoms with E-state index in [-0.39, 0.29) is 17.9 Å². The number of benzene rings is 1. The molecule has 0 aliphatic heterocycles. The molecule has 3 nitrogen and oxygen atoms in total. The molecular formula is C16H23Cl3NO2Si. The molecule has 0 aliphatic rings. The number of hydrogen-bond acceptors (Lipinski definition) is 2. The molecular weight excluding hydrogens is 373 g/mol. The fourth-order valence-electron chi connectivity index (χ4n) is 2.25. The lowest BCUT2D eigenvalue weighted by Gasteiger charge is -2.33. The fourth-order valence-corrected chi connectivity index (χ4v) is 3.87. The molecule has 1 rings (SSSR count). The summed E-state index contributed by atoms with van der Waals surface area (Å²) in [4.78, 5) is 13.6. The monoisotopic (exact) mass is 394 g/mol. The topological polar surface area (TPSA) is 38.3 Å². The van der Waals surface area contributed by atoms with Gasteiger partial charge >= 0.3 is 0 Å². The van der Waals surface area contributed by atoms with Crippen LogP contribution in [0.3, 0.4) is 0 Å². The van der Waals surface area contributed by atoms with Crippen molar-refractivity contribution in [2.24, 2.45) is 5.41 Å². The zero-order valence-electron chi connectivity index (χ0n) is 14.0. The number of halogens is 3. The van der Waals surface area contributed by atoms with Crippen LogP contribution in [0.4, 0.5) is 0 Å². The normalized spacial score (nSPS) is 14.0. The molecule has 0 saturated heterocycles. The smallest absolute Gasteiger partial charge is 0.271 e. The molecule has 1 N–H and O–H groups in total. The maximum atomic E-state index is 11.6. The predicted molar refractivity (Wildman–Crippen MR) is 99.3 cm³/mol. The summed E-state index contributed by atoms with van der Waals surface area (Å²) >= 11 is 17.5. The molecule has 129 valence electrons. The van der Waals surface area contributed by atoms with Gasteiger partial charge in [0.15, 0.2) is 0 Å². The van der Waals surface area contributed by atoms with Crippen molar-refractivity contribution >= 4 is 49.9 Å². The van der Waals surface area contributed by atoms with Gasteiger partial charge in [-0.15, -0.1) is 0 Å². The van der Waals surface area contributed by atoms with Crippen molar-refractivity contribution in [3.63, 3.8) is 0 Å². The Labute approximate surface area is 155 Å². The van der Waals surface area contributed by atoms with E-state index in [1.165, 1.54) is 0 Å². The molecule has 0 bridgehead atoms. The average molecular weight is 396 g/mol. The van der Waals surface area contributed by atoms with E-state index < -0.39 is 19.3 Å². The standard InChI is InChI=1S/C16H23Cl3NO2Si/c1-15(2,3)13(22-23(4)5)12-8-6-7-11(9-12)10-16(17,18)14(21)20-19/h6-9,13H,10H2,1-5H3,(H,20,21). The third-order valence-electron chi connectivity index (χ3n) is 3.24. The number of nitrogens with one attached hydrogen (secondary N) is 1. The van der Waals surface area contributed by atoms with Gasteiger partial charge in [-0.2, -0.15) is 0 Å². The fraction of sp³-hybridized carbons (Fsp3) is 0.562. The number of hydrogen-bond donors (Lipinski definition) is 1. The first-order valence-corrected chi connectivity index (χ1v) is 10.9. The molecule has 0 aromatic heterocycles. The van der Waals surface area contributed by atoms with Crippen LogP contribution in [0.2, 0.25) is 13.1 Å². The predicted octanol–water partition coefficient (Wildman–Crippen LogP) is 5.03. The molecule has 0 saturated carbocycles. The van der Waals surface area contributed by atoms with Gasteiger partial charge in [0.2, 0.25) is 13.4 Å². The van der Waals surface area contributed by atoms with Gasteiger partial charge in [-0.05, 0) is 29.6 Å². The first kappa shape index (κ1) is 20.8. The lowest BCUT2D eigenvalue weighted by Crippen LogP contribution is -2.35. The van der Waals surface area contributed by atoms with Crippen LogP contribution in [0.15, 0.2) is 24.3 Å². The highest BCUT2D eigenvalue weighted by atomic mass is 35.5. The molecule has 0 spiro atoms. The molecule has 0 fully saturated rings. The zero-order chi connectivity index (χ0) is 17.8. The minimum absolute atomic E-state index is 0.0340.